The zero-order chi connectivity index (χ0) is 24.1. The second-order valence-electron chi connectivity index (χ2n) is 6.82. The van der Waals surface area contributed by atoms with Crippen LogP contribution in [0.15, 0.2) is 48.0 Å². The average molecular weight is 455 g/mol. The number of amides is 2. The summed E-state index contributed by atoms with van der Waals surface area (Å²) < 4.78 is 15.5. The summed E-state index contributed by atoms with van der Waals surface area (Å²) in [5, 5.41) is 12.8. The van der Waals surface area contributed by atoms with Crippen molar-refractivity contribution < 1.29 is 33.5 Å². The lowest BCUT2D eigenvalue weighted by molar-refractivity contribution is -0.386. The number of nitro benzene ring substituents is 1. The molecule has 11 nitrogen and oxygen atoms in total. The van der Waals surface area contributed by atoms with Gasteiger partial charge < -0.3 is 14.2 Å². The highest BCUT2D eigenvalue weighted by molar-refractivity contribution is 6.31. The Morgan fingerprint density at radius 1 is 1.24 bits per heavy atom. The molecule has 1 N–H and O–H groups in total. The van der Waals surface area contributed by atoms with Gasteiger partial charge >= 0.3 is 11.7 Å². The number of methoxy groups -OCH3 is 1. The normalized spacial score (nSPS) is 15.2. The average Bonchev–Trinajstić information content (AvgIpc) is 3.08. The fraction of sp³-hybridized carbons (Fsp3) is 0.227. The molecule has 0 unspecified atom stereocenters. The second kappa shape index (κ2) is 9.81. The van der Waals surface area contributed by atoms with Crippen LogP contribution >= 0.6 is 0 Å². The summed E-state index contributed by atoms with van der Waals surface area (Å²) in [5.74, 6) is -2.32. The van der Waals surface area contributed by atoms with E-state index < -0.39 is 34.5 Å². The monoisotopic (exact) mass is 455 g/mol. The summed E-state index contributed by atoms with van der Waals surface area (Å²) in [6, 6.07) is 11.0. The number of para-hydroxylation sites is 1. The van der Waals surface area contributed by atoms with Gasteiger partial charge in [0, 0.05) is 6.07 Å². The third kappa shape index (κ3) is 4.92. The van der Waals surface area contributed by atoms with Gasteiger partial charge in [-0.15, -0.1) is 0 Å². The fourth-order valence-electron chi connectivity index (χ4n) is 3.06. The minimum Gasteiger partial charge on any atom is -0.493 e. The predicted octanol–water partition coefficient (Wildman–Crippen LogP) is 2.40. The van der Waals surface area contributed by atoms with Crippen LogP contribution in [0.4, 0.5) is 11.4 Å². The van der Waals surface area contributed by atoms with Gasteiger partial charge in [0.05, 0.1) is 24.3 Å². The molecule has 172 valence electrons. The molecule has 1 saturated heterocycles. The summed E-state index contributed by atoms with van der Waals surface area (Å²) in [4.78, 5) is 48.1. The number of anilines is 1. The zero-order valence-electron chi connectivity index (χ0n) is 18.1. The molecule has 0 saturated carbocycles. The van der Waals surface area contributed by atoms with Crippen molar-refractivity contribution in [1.29, 1.82) is 0 Å². The Hall–Kier alpha value is -4.41. The van der Waals surface area contributed by atoms with Crippen LogP contribution in [0.25, 0.3) is 6.08 Å². The van der Waals surface area contributed by atoms with Crippen LogP contribution in [0, 0.1) is 10.1 Å². The molecular formula is C22H21N3O8. The van der Waals surface area contributed by atoms with E-state index in [1.807, 2.05) is 0 Å². The number of benzene rings is 2. The van der Waals surface area contributed by atoms with E-state index in [-0.39, 0.29) is 29.2 Å². The molecule has 2 amide bonds. The van der Waals surface area contributed by atoms with E-state index in [1.165, 1.54) is 26.2 Å². The molecule has 2 aromatic rings. The van der Waals surface area contributed by atoms with Crippen molar-refractivity contribution in [3.05, 3.63) is 63.7 Å². The highest BCUT2D eigenvalue weighted by Crippen LogP contribution is 2.40. The Labute approximate surface area is 188 Å². The largest absolute Gasteiger partial charge is 0.493 e. The lowest BCUT2D eigenvalue weighted by Gasteiger charge is -2.16. The van der Waals surface area contributed by atoms with E-state index in [9.17, 15) is 24.5 Å². The van der Waals surface area contributed by atoms with E-state index in [0.29, 0.717) is 5.69 Å². The summed E-state index contributed by atoms with van der Waals surface area (Å²) in [7, 11) is 1.27. The summed E-state index contributed by atoms with van der Waals surface area (Å²) >= 11 is 0. The number of esters is 1. The van der Waals surface area contributed by atoms with Gasteiger partial charge in [0.25, 0.3) is 11.8 Å². The van der Waals surface area contributed by atoms with Crippen LogP contribution in [0.5, 0.6) is 11.5 Å². The maximum Gasteiger partial charge on any atom is 0.347 e. The van der Waals surface area contributed by atoms with E-state index in [1.54, 1.807) is 37.3 Å². The van der Waals surface area contributed by atoms with E-state index in [2.05, 4.69) is 5.43 Å². The van der Waals surface area contributed by atoms with E-state index >= 15 is 0 Å². The number of ether oxygens (including phenoxy) is 3. The number of hydrogen-bond acceptors (Lipinski definition) is 8. The lowest BCUT2D eigenvalue weighted by atomic mass is 10.1. The molecule has 0 spiro atoms. The smallest absolute Gasteiger partial charge is 0.347 e. The highest BCUT2D eigenvalue weighted by atomic mass is 16.6. The quantitative estimate of drug-likeness (QED) is 0.211. The Morgan fingerprint density at radius 3 is 2.55 bits per heavy atom. The molecule has 11 heteroatoms. The van der Waals surface area contributed by atoms with E-state index in [0.717, 1.165) is 11.1 Å². The molecule has 1 heterocycles. The highest BCUT2D eigenvalue weighted by Gasteiger charge is 2.35. The summed E-state index contributed by atoms with van der Waals surface area (Å²) in [6.07, 6.45) is 0.0812. The van der Waals surface area contributed by atoms with Gasteiger partial charge in [0.1, 0.15) is 5.57 Å². The lowest BCUT2D eigenvalue weighted by Crippen LogP contribution is -2.35. The van der Waals surface area contributed by atoms with E-state index in [4.69, 9.17) is 14.2 Å². The number of rotatable bonds is 8. The molecular weight excluding hydrogens is 434 g/mol. The second-order valence-corrected chi connectivity index (χ2v) is 6.82. The SMILES string of the molecule is CCOC(=O)[C@@H](C)Oc1c(OC)cc(/C=C2/C(=O)NN(c3ccccc3)C2=O)cc1[N+](=O)[O-]. The number of hydrogen-bond donors (Lipinski definition) is 1. The van der Waals surface area contributed by atoms with Gasteiger partial charge in [0.15, 0.2) is 11.9 Å². The minimum absolute atomic E-state index is 0.0574. The number of carbonyl (C=O) groups excluding carboxylic acids is 3. The first kappa shape index (κ1) is 23.3. The van der Waals surface area contributed by atoms with Gasteiger partial charge in [-0.1, -0.05) is 18.2 Å². The molecule has 0 bridgehead atoms. The van der Waals surface area contributed by atoms with Crippen molar-refractivity contribution in [2.24, 2.45) is 0 Å². The molecule has 1 atom stereocenters. The minimum atomic E-state index is -1.14. The molecule has 3 rings (SSSR count). The van der Waals surface area contributed by atoms with Crippen molar-refractivity contribution in [2.45, 2.75) is 20.0 Å². The molecule has 1 fully saturated rings. The molecule has 0 radical (unpaired) electrons. The molecule has 1 aliphatic heterocycles. The Kier molecular flexibility index (Phi) is 6.91. The summed E-state index contributed by atoms with van der Waals surface area (Å²) in [5.41, 5.74) is 2.34. The predicted molar refractivity (Wildman–Crippen MR) is 116 cm³/mol. The maximum absolute atomic E-state index is 12.8. The molecule has 33 heavy (non-hydrogen) atoms. The van der Waals surface area contributed by atoms with Gasteiger partial charge in [-0.05, 0) is 43.7 Å². The first-order valence-electron chi connectivity index (χ1n) is 9.88. The van der Waals surface area contributed by atoms with Crippen molar-refractivity contribution >= 4 is 35.2 Å². The van der Waals surface area contributed by atoms with Crippen LogP contribution in [0.2, 0.25) is 0 Å². The first-order valence-corrected chi connectivity index (χ1v) is 9.88. The third-order valence-corrected chi connectivity index (χ3v) is 4.60. The van der Waals surface area contributed by atoms with Gasteiger partial charge in [-0.25, -0.2) is 9.80 Å². The Bertz CT molecular complexity index is 1130. The standard InChI is InChI=1S/C22H21N3O8/c1-4-32-22(28)13(2)33-19-17(25(29)30)11-14(12-18(19)31-3)10-16-20(26)23-24(21(16)27)15-8-6-5-7-9-15/h5-13H,4H2,1-3H3,(H,23,26)/b16-10-/t13-/m1/s1. The van der Waals surface area contributed by atoms with Gasteiger partial charge in [0.2, 0.25) is 5.75 Å². The zero-order valence-corrected chi connectivity index (χ0v) is 18.1. The number of nitro groups is 1. The molecule has 2 aromatic carbocycles. The van der Waals surface area contributed by atoms with Gasteiger partial charge in [-0.2, -0.15) is 0 Å². The number of nitrogens with zero attached hydrogens (tertiary/aromatic N) is 2. The fourth-order valence-corrected chi connectivity index (χ4v) is 3.06. The summed E-state index contributed by atoms with van der Waals surface area (Å²) in [6.45, 7) is 3.13. The van der Waals surface area contributed by atoms with Crippen LogP contribution < -0.4 is 19.9 Å². The van der Waals surface area contributed by atoms with Crippen LogP contribution in [-0.2, 0) is 19.1 Å². The van der Waals surface area contributed by atoms with Crippen LogP contribution in [0.1, 0.15) is 19.4 Å². The molecule has 1 aliphatic rings. The van der Waals surface area contributed by atoms with Crippen LogP contribution in [0.3, 0.4) is 0 Å². The third-order valence-electron chi connectivity index (χ3n) is 4.60. The number of carbonyl (C=O) groups is 3. The number of nitrogens with one attached hydrogen (secondary N) is 1. The van der Waals surface area contributed by atoms with Crippen molar-refractivity contribution in [1.82, 2.24) is 5.43 Å². The van der Waals surface area contributed by atoms with Crippen LogP contribution in [-0.4, -0.2) is 42.5 Å². The molecule has 0 aromatic heterocycles. The van der Waals surface area contributed by atoms with Gasteiger partial charge in [-0.3, -0.25) is 25.1 Å². The topological polar surface area (TPSA) is 137 Å². The first-order chi connectivity index (χ1) is 15.8. The van der Waals surface area contributed by atoms with Crippen molar-refractivity contribution in [2.75, 3.05) is 18.7 Å². The Balaban J connectivity index is 1.99. The molecule has 0 aliphatic carbocycles. The van der Waals surface area contributed by atoms with Crippen molar-refractivity contribution in [3.63, 3.8) is 0 Å². The number of hydrazine groups is 1. The maximum atomic E-state index is 12.8. The van der Waals surface area contributed by atoms with Crippen molar-refractivity contribution in [3.8, 4) is 11.5 Å². The Morgan fingerprint density at radius 2 is 1.94 bits per heavy atom.